The highest BCUT2D eigenvalue weighted by Gasteiger charge is 2.26. The van der Waals surface area contributed by atoms with Gasteiger partial charge in [0.1, 0.15) is 0 Å². The Kier molecular flexibility index (Phi) is 4.65. The molecule has 2 aliphatic rings. The molecule has 4 rings (SSSR count). The van der Waals surface area contributed by atoms with Crippen molar-refractivity contribution in [1.29, 1.82) is 0 Å². The molecule has 142 valence electrons. The third kappa shape index (κ3) is 3.57. The van der Waals surface area contributed by atoms with Crippen molar-refractivity contribution in [3.8, 4) is 0 Å². The summed E-state index contributed by atoms with van der Waals surface area (Å²) in [5.74, 6) is -0.0226. The van der Waals surface area contributed by atoms with Crippen molar-refractivity contribution in [3.63, 3.8) is 0 Å². The number of anilines is 2. The van der Waals surface area contributed by atoms with Gasteiger partial charge in [0.25, 0.3) is 0 Å². The zero-order valence-electron chi connectivity index (χ0n) is 15.3. The second kappa shape index (κ2) is 6.98. The first-order valence-corrected chi connectivity index (χ1v) is 10.7. The summed E-state index contributed by atoms with van der Waals surface area (Å²) in [5.41, 5.74) is 3.63. The predicted molar refractivity (Wildman–Crippen MR) is 105 cm³/mol. The van der Waals surface area contributed by atoms with Crippen LogP contribution in [0.15, 0.2) is 47.4 Å². The summed E-state index contributed by atoms with van der Waals surface area (Å²) in [5, 5.41) is 0. The second-order valence-corrected chi connectivity index (χ2v) is 8.87. The number of sulfonamides is 1. The minimum absolute atomic E-state index is 0.0226. The van der Waals surface area contributed by atoms with Gasteiger partial charge in [-0.25, -0.2) is 13.1 Å². The SMILES string of the molecule is CN1C(=O)Cc2cc(S(=O)(=O)NCc3ccc(N4CCCC4)cc3)ccc21. The molecule has 2 heterocycles. The molecule has 0 aliphatic carbocycles. The van der Waals surface area contributed by atoms with Gasteiger partial charge in [-0.1, -0.05) is 12.1 Å². The molecule has 6 nitrogen and oxygen atoms in total. The van der Waals surface area contributed by atoms with E-state index in [1.54, 1.807) is 30.1 Å². The molecule has 7 heteroatoms. The van der Waals surface area contributed by atoms with E-state index in [1.807, 2.05) is 24.3 Å². The van der Waals surface area contributed by atoms with E-state index in [4.69, 9.17) is 0 Å². The highest BCUT2D eigenvalue weighted by molar-refractivity contribution is 7.89. The molecule has 0 spiro atoms. The van der Waals surface area contributed by atoms with Crippen LogP contribution in [0, 0.1) is 0 Å². The average Bonchev–Trinajstić information content (AvgIpc) is 3.29. The van der Waals surface area contributed by atoms with Gasteiger partial charge < -0.3 is 9.80 Å². The van der Waals surface area contributed by atoms with Gasteiger partial charge in [-0.05, 0) is 54.3 Å². The molecule has 0 saturated carbocycles. The molecule has 0 aromatic heterocycles. The Balaban J connectivity index is 1.45. The van der Waals surface area contributed by atoms with Crippen molar-refractivity contribution in [2.75, 3.05) is 29.9 Å². The Labute approximate surface area is 159 Å². The average molecular weight is 385 g/mol. The number of nitrogens with one attached hydrogen (secondary N) is 1. The van der Waals surface area contributed by atoms with Gasteiger partial charge in [0.2, 0.25) is 15.9 Å². The van der Waals surface area contributed by atoms with Crippen molar-refractivity contribution in [2.24, 2.45) is 0 Å². The van der Waals surface area contributed by atoms with E-state index in [9.17, 15) is 13.2 Å². The predicted octanol–water partition coefficient (Wildman–Crippen LogP) is 2.28. The standard InChI is InChI=1S/C20H23N3O3S/c1-22-19-9-8-18(12-16(19)13-20(22)24)27(25,26)21-14-15-4-6-17(7-5-15)23-10-2-3-11-23/h4-9,12,21H,2-3,10-11,13-14H2,1H3. The molecule has 27 heavy (non-hydrogen) atoms. The number of hydrogen-bond acceptors (Lipinski definition) is 4. The molecule has 2 aromatic rings. The largest absolute Gasteiger partial charge is 0.372 e. The number of likely N-dealkylation sites (N-methyl/N-ethyl adjacent to an activating group) is 1. The highest BCUT2D eigenvalue weighted by atomic mass is 32.2. The quantitative estimate of drug-likeness (QED) is 0.857. The lowest BCUT2D eigenvalue weighted by Gasteiger charge is -2.17. The van der Waals surface area contributed by atoms with E-state index in [-0.39, 0.29) is 23.8 Å². The molecule has 1 amide bonds. The highest BCUT2D eigenvalue weighted by Crippen LogP contribution is 2.29. The number of carbonyl (C=O) groups excluding carboxylic acids is 1. The number of benzene rings is 2. The van der Waals surface area contributed by atoms with Crippen LogP contribution in [0.5, 0.6) is 0 Å². The fourth-order valence-electron chi connectivity index (χ4n) is 3.68. The molecule has 2 aromatic carbocycles. The first kappa shape index (κ1) is 18.0. The minimum Gasteiger partial charge on any atom is -0.372 e. The first-order chi connectivity index (χ1) is 12.9. The van der Waals surface area contributed by atoms with Gasteiger partial charge in [-0.15, -0.1) is 0 Å². The van der Waals surface area contributed by atoms with Crippen LogP contribution in [0.3, 0.4) is 0 Å². The molecule has 0 bridgehead atoms. The van der Waals surface area contributed by atoms with Gasteiger partial charge in [-0.2, -0.15) is 0 Å². The number of hydrogen-bond donors (Lipinski definition) is 1. The third-order valence-corrected chi connectivity index (χ3v) is 6.71. The van der Waals surface area contributed by atoms with Crippen LogP contribution in [-0.4, -0.2) is 34.5 Å². The maximum Gasteiger partial charge on any atom is 0.240 e. The lowest BCUT2D eigenvalue weighted by molar-refractivity contribution is -0.117. The van der Waals surface area contributed by atoms with Crippen LogP contribution in [-0.2, 0) is 27.8 Å². The van der Waals surface area contributed by atoms with Crippen molar-refractivity contribution >= 4 is 27.3 Å². The molecular formula is C20H23N3O3S. The van der Waals surface area contributed by atoms with Crippen LogP contribution in [0.2, 0.25) is 0 Å². The van der Waals surface area contributed by atoms with Gasteiger partial charge in [0.15, 0.2) is 0 Å². The molecule has 1 saturated heterocycles. The molecule has 0 unspecified atom stereocenters. The minimum atomic E-state index is -3.63. The van der Waals surface area contributed by atoms with E-state index in [2.05, 4.69) is 9.62 Å². The smallest absolute Gasteiger partial charge is 0.240 e. The summed E-state index contributed by atoms with van der Waals surface area (Å²) in [4.78, 5) is 15.9. The van der Waals surface area contributed by atoms with Gasteiger partial charge in [0.05, 0.1) is 11.3 Å². The monoisotopic (exact) mass is 385 g/mol. The van der Waals surface area contributed by atoms with Crippen LogP contribution >= 0.6 is 0 Å². The van der Waals surface area contributed by atoms with Gasteiger partial charge in [0, 0.05) is 38.1 Å². The van der Waals surface area contributed by atoms with Crippen LogP contribution < -0.4 is 14.5 Å². The van der Waals surface area contributed by atoms with E-state index >= 15 is 0 Å². The Bertz CT molecular complexity index is 964. The summed E-state index contributed by atoms with van der Waals surface area (Å²) in [6.07, 6.45) is 2.70. The zero-order valence-corrected chi connectivity index (χ0v) is 16.1. The molecular weight excluding hydrogens is 362 g/mol. The Morgan fingerprint density at radius 1 is 1.04 bits per heavy atom. The summed E-state index contributed by atoms with van der Waals surface area (Å²) in [6, 6.07) is 12.9. The number of nitrogens with zero attached hydrogens (tertiary/aromatic N) is 2. The Hall–Kier alpha value is -2.38. The van der Waals surface area contributed by atoms with E-state index < -0.39 is 10.0 Å². The topological polar surface area (TPSA) is 69.7 Å². The molecule has 2 aliphatic heterocycles. The molecule has 1 N–H and O–H groups in total. The number of fused-ring (bicyclic) bond motifs is 1. The third-order valence-electron chi connectivity index (χ3n) is 5.31. The van der Waals surface area contributed by atoms with Gasteiger partial charge >= 0.3 is 0 Å². The number of carbonyl (C=O) groups is 1. The maximum atomic E-state index is 12.6. The zero-order chi connectivity index (χ0) is 19.0. The van der Waals surface area contributed by atoms with Crippen LogP contribution in [0.1, 0.15) is 24.0 Å². The van der Waals surface area contributed by atoms with Crippen molar-refractivity contribution in [3.05, 3.63) is 53.6 Å². The first-order valence-electron chi connectivity index (χ1n) is 9.17. The lowest BCUT2D eigenvalue weighted by Crippen LogP contribution is -2.23. The number of rotatable bonds is 5. The fourth-order valence-corrected chi connectivity index (χ4v) is 4.74. The second-order valence-electron chi connectivity index (χ2n) is 7.11. The fraction of sp³-hybridized carbons (Fsp3) is 0.350. The summed E-state index contributed by atoms with van der Waals surface area (Å²) in [7, 11) is -1.93. The number of amides is 1. The van der Waals surface area contributed by atoms with E-state index in [0.29, 0.717) is 0 Å². The van der Waals surface area contributed by atoms with Gasteiger partial charge in [-0.3, -0.25) is 4.79 Å². The normalized spacial score (nSPS) is 16.9. The summed E-state index contributed by atoms with van der Waals surface area (Å²) < 4.78 is 27.9. The van der Waals surface area contributed by atoms with E-state index in [1.165, 1.54) is 18.5 Å². The van der Waals surface area contributed by atoms with E-state index in [0.717, 1.165) is 29.9 Å². The van der Waals surface area contributed by atoms with Crippen LogP contribution in [0.25, 0.3) is 0 Å². The van der Waals surface area contributed by atoms with Crippen LogP contribution in [0.4, 0.5) is 11.4 Å². The maximum absolute atomic E-state index is 12.6. The molecule has 1 fully saturated rings. The summed E-state index contributed by atoms with van der Waals surface area (Å²) in [6.45, 7) is 2.41. The Morgan fingerprint density at radius 2 is 1.74 bits per heavy atom. The summed E-state index contributed by atoms with van der Waals surface area (Å²) >= 11 is 0. The Morgan fingerprint density at radius 3 is 2.44 bits per heavy atom. The van der Waals surface area contributed by atoms with Crippen molar-refractivity contribution in [1.82, 2.24) is 4.72 Å². The van der Waals surface area contributed by atoms with Crippen molar-refractivity contribution in [2.45, 2.75) is 30.7 Å². The lowest BCUT2D eigenvalue weighted by atomic mass is 10.2. The van der Waals surface area contributed by atoms with Crippen molar-refractivity contribution < 1.29 is 13.2 Å². The molecule has 0 radical (unpaired) electrons. The molecule has 0 atom stereocenters.